The van der Waals surface area contributed by atoms with Gasteiger partial charge in [0.05, 0.1) is 11.1 Å². The van der Waals surface area contributed by atoms with E-state index in [0.29, 0.717) is 22.5 Å². The maximum absolute atomic E-state index is 12.2. The number of aromatic carboxylic acids is 1. The maximum Gasteiger partial charge on any atom is 0.337 e. The van der Waals surface area contributed by atoms with E-state index < -0.39 is 5.97 Å². The number of hydrogen-bond donors (Lipinski definition) is 3. The normalized spacial score (nSPS) is 15.0. The molecule has 1 aliphatic rings. The van der Waals surface area contributed by atoms with Crippen LogP contribution in [0.2, 0.25) is 0 Å². The average molecular weight is 408 g/mol. The van der Waals surface area contributed by atoms with E-state index in [2.05, 4.69) is 32.9 Å². The van der Waals surface area contributed by atoms with Gasteiger partial charge in [-0.05, 0) is 66.3 Å². The molecule has 2 heterocycles. The number of carboxylic acid groups (broad SMARTS) is 1. The van der Waals surface area contributed by atoms with Crippen molar-refractivity contribution in [1.29, 1.82) is 0 Å². The van der Waals surface area contributed by atoms with Crippen molar-refractivity contribution in [2.45, 2.75) is 13.8 Å². The number of halogens is 1. The molecule has 0 radical (unpaired) electrons. The topological polar surface area (TPSA) is 82.2 Å². The zero-order valence-corrected chi connectivity index (χ0v) is 14.1. The summed E-state index contributed by atoms with van der Waals surface area (Å²) in [7, 11) is 0. The molecule has 0 fully saturated rings. The molecule has 22 heavy (non-hydrogen) atoms. The molecule has 0 bridgehead atoms. The molecule has 0 atom stereocenters. The number of carboxylic acids is 1. The van der Waals surface area contributed by atoms with Crippen LogP contribution in [0.5, 0.6) is 0 Å². The van der Waals surface area contributed by atoms with Crippen LogP contribution in [-0.2, 0) is 4.79 Å². The van der Waals surface area contributed by atoms with Gasteiger partial charge in [-0.3, -0.25) is 4.79 Å². The highest BCUT2D eigenvalue weighted by Crippen LogP contribution is 2.34. The molecule has 1 amide bonds. The molecule has 6 heteroatoms. The highest BCUT2D eigenvalue weighted by molar-refractivity contribution is 14.1. The van der Waals surface area contributed by atoms with Crippen LogP contribution in [0.3, 0.4) is 0 Å². The van der Waals surface area contributed by atoms with E-state index in [-0.39, 0.29) is 11.5 Å². The van der Waals surface area contributed by atoms with Crippen LogP contribution in [0, 0.1) is 17.4 Å². The van der Waals surface area contributed by atoms with Gasteiger partial charge in [0, 0.05) is 26.2 Å². The Labute approximate surface area is 140 Å². The molecule has 0 unspecified atom stereocenters. The molecule has 3 N–H and O–H groups in total. The van der Waals surface area contributed by atoms with Crippen molar-refractivity contribution in [2.75, 3.05) is 5.32 Å². The van der Waals surface area contributed by atoms with E-state index in [1.54, 1.807) is 19.9 Å². The van der Waals surface area contributed by atoms with Gasteiger partial charge in [-0.1, -0.05) is 0 Å². The molecule has 5 nitrogen and oxygen atoms in total. The third-order valence-electron chi connectivity index (χ3n) is 3.74. The van der Waals surface area contributed by atoms with Gasteiger partial charge in [-0.15, -0.1) is 0 Å². The van der Waals surface area contributed by atoms with Crippen molar-refractivity contribution < 1.29 is 14.7 Å². The van der Waals surface area contributed by atoms with Gasteiger partial charge >= 0.3 is 5.97 Å². The molecular formula is C16H13IN2O3. The summed E-state index contributed by atoms with van der Waals surface area (Å²) in [5.41, 5.74) is 4.26. The molecule has 1 aromatic carbocycles. The number of hydrogen-bond acceptors (Lipinski definition) is 2. The van der Waals surface area contributed by atoms with Gasteiger partial charge < -0.3 is 15.4 Å². The minimum atomic E-state index is -0.971. The number of H-pyrrole nitrogens is 1. The van der Waals surface area contributed by atoms with Gasteiger partial charge in [-0.25, -0.2) is 4.79 Å². The fourth-order valence-corrected chi connectivity index (χ4v) is 3.18. The molecule has 0 saturated carbocycles. The number of carbonyl (C=O) groups excluding carboxylic acids is 1. The number of nitrogens with one attached hydrogen (secondary N) is 2. The smallest absolute Gasteiger partial charge is 0.337 e. The molecule has 1 aromatic heterocycles. The summed E-state index contributed by atoms with van der Waals surface area (Å²) < 4.78 is 1.03. The summed E-state index contributed by atoms with van der Waals surface area (Å²) in [5.74, 6) is -1.15. The van der Waals surface area contributed by atoms with Crippen LogP contribution < -0.4 is 5.32 Å². The van der Waals surface area contributed by atoms with E-state index in [4.69, 9.17) is 0 Å². The lowest BCUT2D eigenvalue weighted by molar-refractivity contribution is -0.110. The van der Waals surface area contributed by atoms with Crippen molar-refractivity contribution in [2.24, 2.45) is 0 Å². The van der Waals surface area contributed by atoms with E-state index in [1.807, 2.05) is 18.2 Å². The minimum Gasteiger partial charge on any atom is -0.478 e. The third kappa shape index (κ3) is 2.33. The largest absolute Gasteiger partial charge is 0.478 e. The molecular weight excluding hydrogens is 395 g/mol. The number of carbonyl (C=O) groups is 2. The van der Waals surface area contributed by atoms with Crippen LogP contribution in [0.25, 0.3) is 11.6 Å². The standard InChI is InChI=1S/C16H13IN2O3/c1-7-13(18-8(2)14(7)16(21)22)6-11-10-5-9(17)3-4-12(10)19-15(11)20/h3-6,18H,1-2H3,(H,19,20)(H,21,22)/b11-6-. The van der Waals surface area contributed by atoms with Crippen molar-refractivity contribution in [1.82, 2.24) is 4.98 Å². The molecule has 1 aliphatic heterocycles. The van der Waals surface area contributed by atoms with Crippen LogP contribution in [0.15, 0.2) is 18.2 Å². The molecule has 0 spiro atoms. The summed E-state index contributed by atoms with van der Waals surface area (Å²) >= 11 is 2.19. The number of aromatic nitrogens is 1. The second-order valence-electron chi connectivity index (χ2n) is 5.17. The Morgan fingerprint density at radius 1 is 1.32 bits per heavy atom. The van der Waals surface area contributed by atoms with E-state index in [0.717, 1.165) is 14.8 Å². The number of fused-ring (bicyclic) bond motifs is 1. The minimum absolute atomic E-state index is 0.180. The maximum atomic E-state index is 12.2. The van der Waals surface area contributed by atoms with Crippen molar-refractivity contribution in [3.63, 3.8) is 0 Å². The first-order valence-corrected chi connectivity index (χ1v) is 7.71. The predicted octanol–water partition coefficient (Wildman–Crippen LogP) is 3.43. The first-order valence-electron chi connectivity index (χ1n) is 6.64. The number of aromatic amines is 1. The number of rotatable bonds is 2. The Hall–Kier alpha value is -2.09. The lowest BCUT2D eigenvalue weighted by Gasteiger charge is -2.00. The Morgan fingerprint density at radius 3 is 2.68 bits per heavy atom. The van der Waals surface area contributed by atoms with Crippen LogP contribution in [0.1, 0.15) is 32.9 Å². The molecule has 0 aliphatic carbocycles. The quantitative estimate of drug-likeness (QED) is 0.526. The fraction of sp³-hybridized carbons (Fsp3) is 0.125. The summed E-state index contributed by atoms with van der Waals surface area (Å²) in [6, 6.07) is 5.73. The monoisotopic (exact) mass is 408 g/mol. The summed E-state index contributed by atoms with van der Waals surface area (Å²) in [5, 5.41) is 12.1. The Kier molecular flexibility index (Phi) is 3.56. The lowest BCUT2D eigenvalue weighted by atomic mass is 10.0. The van der Waals surface area contributed by atoms with Crippen LogP contribution in [0.4, 0.5) is 5.69 Å². The molecule has 2 aromatic rings. The highest BCUT2D eigenvalue weighted by atomic mass is 127. The van der Waals surface area contributed by atoms with E-state index in [9.17, 15) is 14.7 Å². The first-order chi connectivity index (χ1) is 10.4. The average Bonchev–Trinajstić information content (AvgIpc) is 2.88. The molecule has 112 valence electrons. The third-order valence-corrected chi connectivity index (χ3v) is 4.41. The predicted molar refractivity (Wildman–Crippen MR) is 92.9 cm³/mol. The number of anilines is 1. The van der Waals surface area contributed by atoms with Crippen molar-refractivity contribution >= 4 is 51.8 Å². The SMILES string of the molecule is Cc1[nH]c(/C=C2\C(=O)Nc3ccc(I)cc32)c(C)c1C(=O)O. The zero-order valence-electron chi connectivity index (χ0n) is 12.0. The molecule has 3 rings (SSSR count). The number of amides is 1. The summed E-state index contributed by atoms with van der Waals surface area (Å²) in [4.78, 5) is 26.5. The van der Waals surface area contributed by atoms with Gasteiger partial charge in [0.25, 0.3) is 5.91 Å². The number of aryl methyl sites for hydroxylation is 1. The van der Waals surface area contributed by atoms with Gasteiger partial charge in [0.15, 0.2) is 0 Å². The van der Waals surface area contributed by atoms with Crippen molar-refractivity contribution in [3.05, 3.63) is 49.8 Å². The second-order valence-corrected chi connectivity index (χ2v) is 6.42. The summed E-state index contributed by atoms with van der Waals surface area (Å²) in [6.45, 7) is 3.45. The Morgan fingerprint density at radius 2 is 2.05 bits per heavy atom. The van der Waals surface area contributed by atoms with Gasteiger partial charge in [0.1, 0.15) is 0 Å². The number of benzene rings is 1. The highest BCUT2D eigenvalue weighted by Gasteiger charge is 2.25. The lowest BCUT2D eigenvalue weighted by Crippen LogP contribution is -2.03. The second kappa shape index (κ2) is 5.28. The first kappa shape index (κ1) is 14.8. The van der Waals surface area contributed by atoms with Crippen LogP contribution in [-0.4, -0.2) is 22.0 Å². The van der Waals surface area contributed by atoms with E-state index >= 15 is 0 Å². The van der Waals surface area contributed by atoms with Crippen LogP contribution >= 0.6 is 22.6 Å². The molecule has 0 saturated heterocycles. The Balaban J connectivity index is 2.15. The van der Waals surface area contributed by atoms with Crippen molar-refractivity contribution in [3.8, 4) is 0 Å². The van der Waals surface area contributed by atoms with E-state index in [1.165, 1.54) is 0 Å². The van der Waals surface area contributed by atoms with Gasteiger partial charge in [-0.2, -0.15) is 0 Å². The summed E-state index contributed by atoms with van der Waals surface area (Å²) in [6.07, 6.45) is 1.71. The fourth-order valence-electron chi connectivity index (χ4n) is 2.69. The Bertz CT molecular complexity index is 849. The van der Waals surface area contributed by atoms with Gasteiger partial charge in [0.2, 0.25) is 0 Å². The zero-order chi connectivity index (χ0) is 16.0.